The standard InChI is InChI=1S/C51H36.CH4/c1-50(2,3)32-22-29-11-10-27-12-17-33(36-21-16-30(23-32)45(29)46(27)36)34-18-15-31-24-42-39-25-41-35-8-6-7-9-43(35)51(4,5)44(41)26-40(39)38-20-14-28-13-19-37(34)47(31)48(28)49(38)42;/h6-26H,1-5H3;1H4. The molecule has 0 aromatic heterocycles. The topological polar surface area (TPSA) is 0 Å². The molecule has 0 fully saturated rings. The van der Waals surface area contributed by atoms with Crippen molar-refractivity contribution in [2.45, 2.75) is 52.9 Å². The van der Waals surface area contributed by atoms with Crippen molar-refractivity contribution in [3.8, 4) is 44.5 Å². The highest BCUT2D eigenvalue weighted by molar-refractivity contribution is 6.34. The Morgan fingerprint density at radius 1 is 0.365 bits per heavy atom. The average Bonchev–Trinajstić information content (AvgIpc) is 3.57. The summed E-state index contributed by atoms with van der Waals surface area (Å²) in [5, 5.41) is 16.3. The van der Waals surface area contributed by atoms with E-state index in [0.717, 1.165) is 0 Å². The van der Waals surface area contributed by atoms with Crippen LogP contribution < -0.4 is 0 Å². The lowest BCUT2D eigenvalue weighted by molar-refractivity contribution is 0.591. The van der Waals surface area contributed by atoms with Gasteiger partial charge >= 0.3 is 0 Å². The molecule has 0 nitrogen and oxygen atoms in total. The van der Waals surface area contributed by atoms with Gasteiger partial charge in [0, 0.05) is 5.41 Å². The van der Waals surface area contributed by atoms with E-state index in [0.29, 0.717) is 0 Å². The second kappa shape index (κ2) is 9.58. The summed E-state index contributed by atoms with van der Waals surface area (Å²) >= 11 is 0. The lowest BCUT2D eigenvalue weighted by atomic mass is 9.81. The van der Waals surface area contributed by atoms with Crippen molar-refractivity contribution >= 4 is 64.6 Å². The van der Waals surface area contributed by atoms with E-state index in [4.69, 9.17) is 0 Å². The second-order valence-electron chi connectivity index (χ2n) is 16.9. The van der Waals surface area contributed by atoms with Crippen LogP contribution in [0.4, 0.5) is 0 Å². The Bertz CT molecular complexity index is 3160. The maximum atomic E-state index is 2.52. The molecule has 0 unspecified atom stereocenters. The molecule has 0 spiro atoms. The summed E-state index contributed by atoms with van der Waals surface area (Å²) < 4.78 is 0. The summed E-state index contributed by atoms with van der Waals surface area (Å²) in [6.45, 7) is 11.7. The SMILES string of the molecule is C.CC(C)(C)c1cc2ccc3ccc(-c4ccc5cc6c7c(ccc8ccc4c5c87)-c4cc5c(cc4-6)-c4ccccc4C5(C)C)c4ccc(c1)c2c34. The maximum Gasteiger partial charge on any atom is 0.0159 e. The number of hydrogen-bond acceptors (Lipinski definition) is 0. The van der Waals surface area contributed by atoms with Gasteiger partial charge in [0.2, 0.25) is 0 Å². The Balaban J connectivity index is 0.00000320. The molecule has 2 aliphatic rings. The predicted molar refractivity (Wildman–Crippen MR) is 227 cm³/mol. The molecule has 0 heteroatoms. The highest BCUT2D eigenvalue weighted by atomic mass is 14.4. The van der Waals surface area contributed by atoms with Gasteiger partial charge in [0.15, 0.2) is 0 Å². The first-order valence-corrected chi connectivity index (χ1v) is 18.4. The van der Waals surface area contributed by atoms with E-state index in [1.807, 2.05) is 0 Å². The monoisotopic (exact) mass is 664 g/mol. The number of rotatable bonds is 1. The molecule has 0 bridgehead atoms. The summed E-state index contributed by atoms with van der Waals surface area (Å²) in [7, 11) is 0. The maximum absolute atomic E-state index is 2.52. The summed E-state index contributed by atoms with van der Waals surface area (Å²) in [5.41, 5.74) is 15.2. The van der Waals surface area contributed by atoms with Gasteiger partial charge in [-0.3, -0.25) is 0 Å². The van der Waals surface area contributed by atoms with Crippen LogP contribution in [0.15, 0.2) is 127 Å². The average molecular weight is 665 g/mol. The zero-order chi connectivity index (χ0) is 34.1. The minimum absolute atomic E-state index is 0. The molecule has 0 amide bonds. The molecule has 0 aliphatic heterocycles. The van der Waals surface area contributed by atoms with Gasteiger partial charge in [-0.1, -0.05) is 151 Å². The van der Waals surface area contributed by atoms with Gasteiger partial charge in [-0.2, -0.15) is 0 Å². The molecular weight excluding hydrogens is 625 g/mol. The molecule has 0 saturated carbocycles. The fraction of sp³-hybridized carbons (Fsp3) is 0.154. The minimum Gasteiger partial charge on any atom is -0.0776 e. The quantitative estimate of drug-likeness (QED) is 0.153. The van der Waals surface area contributed by atoms with Crippen molar-refractivity contribution in [1.82, 2.24) is 0 Å². The number of hydrogen-bond donors (Lipinski definition) is 0. The van der Waals surface area contributed by atoms with E-state index in [9.17, 15) is 0 Å². The summed E-state index contributed by atoms with van der Waals surface area (Å²) in [5.74, 6) is 0. The van der Waals surface area contributed by atoms with Gasteiger partial charge in [-0.05, 0) is 149 Å². The third-order valence-corrected chi connectivity index (χ3v) is 12.8. The molecule has 0 heterocycles. The minimum atomic E-state index is -0.0225. The largest absolute Gasteiger partial charge is 0.0776 e. The predicted octanol–water partition coefficient (Wildman–Crippen LogP) is 15.0. The van der Waals surface area contributed by atoms with Crippen LogP contribution in [0.3, 0.4) is 0 Å². The van der Waals surface area contributed by atoms with Crippen LogP contribution in [0, 0.1) is 0 Å². The highest BCUT2D eigenvalue weighted by Crippen LogP contribution is 2.57. The van der Waals surface area contributed by atoms with Gasteiger partial charge in [-0.25, -0.2) is 0 Å². The lowest BCUT2D eigenvalue weighted by Crippen LogP contribution is -2.14. The van der Waals surface area contributed by atoms with E-state index in [2.05, 4.69) is 162 Å². The van der Waals surface area contributed by atoms with Crippen molar-refractivity contribution in [3.63, 3.8) is 0 Å². The smallest absolute Gasteiger partial charge is 0.0159 e. The zero-order valence-electron chi connectivity index (χ0n) is 29.6. The van der Waals surface area contributed by atoms with Crippen LogP contribution in [-0.2, 0) is 10.8 Å². The molecule has 0 radical (unpaired) electrons. The fourth-order valence-corrected chi connectivity index (χ4v) is 10.3. The molecule has 12 rings (SSSR count). The van der Waals surface area contributed by atoms with E-state index < -0.39 is 0 Å². The molecule has 0 saturated heterocycles. The van der Waals surface area contributed by atoms with Crippen molar-refractivity contribution < 1.29 is 0 Å². The van der Waals surface area contributed by atoms with Crippen LogP contribution in [0.1, 0.15) is 58.7 Å². The molecular formula is C52H40. The molecule has 248 valence electrons. The Morgan fingerprint density at radius 2 is 0.904 bits per heavy atom. The van der Waals surface area contributed by atoms with Crippen molar-refractivity contribution in [1.29, 1.82) is 0 Å². The van der Waals surface area contributed by atoms with Crippen molar-refractivity contribution in [3.05, 3.63) is 144 Å². The number of benzene rings is 10. The Labute approximate surface area is 305 Å². The first kappa shape index (κ1) is 30.0. The van der Waals surface area contributed by atoms with Crippen LogP contribution in [-0.4, -0.2) is 0 Å². The summed E-state index contributed by atoms with van der Waals surface area (Å²) in [4.78, 5) is 0. The van der Waals surface area contributed by atoms with Crippen molar-refractivity contribution in [2.75, 3.05) is 0 Å². The van der Waals surface area contributed by atoms with Crippen LogP contribution in [0.25, 0.3) is 109 Å². The van der Waals surface area contributed by atoms with E-state index >= 15 is 0 Å². The molecule has 10 aromatic rings. The fourth-order valence-electron chi connectivity index (χ4n) is 10.3. The van der Waals surface area contributed by atoms with E-state index in [1.54, 1.807) is 0 Å². The molecule has 2 aliphatic carbocycles. The van der Waals surface area contributed by atoms with Gasteiger partial charge in [0.25, 0.3) is 0 Å². The second-order valence-corrected chi connectivity index (χ2v) is 16.9. The molecule has 0 atom stereocenters. The lowest BCUT2D eigenvalue weighted by Gasteiger charge is -2.22. The first-order valence-electron chi connectivity index (χ1n) is 18.4. The van der Waals surface area contributed by atoms with Gasteiger partial charge in [0.1, 0.15) is 0 Å². The van der Waals surface area contributed by atoms with Crippen LogP contribution in [0.5, 0.6) is 0 Å². The summed E-state index contributed by atoms with van der Waals surface area (Å²) in [6.07, 6.45) is 0. The first-order chi connectivity index (χ1) is 24.7. The Morgan fingerprint density at radius 3 is 1.63 bits per heavy atom. The van der Waals surface area contributed by atoms with Gasteiger partial charge < -0.3 is 0 Å². The molecule has 0 N–H and O–H groups in total. The Kier molecular flexibility index (Phi) is 5.52. The van der Waals surface area contributed by atoms with E-state index in [1.165, 1.54) is 126 Å². The van der Waals surface area contributed by atoms with Gasteiger partial charge in [-0.15, -0.1) is 0 Å². The number of fused-ring (bicyclic) bond motifs is 6. The molecule has 10 aromatic carbocycles. The molecule has 52 heavy (non-hydrogen) atoms. The highest BCUT2D eigenvalue weighted by Gasteiger charge is 2.37. The third kappa shape index (κ3) is 3.53. The van der Waals surface area contributed by atoms with E-state index in [-0.39, 0.29) is 18.3 Å². The Hall–Kier alpha value is -5.72. The van der Waals surface area contributed by atoms with Gasteiger partial charge in [0.05, 0.1) is 0 Å². The van der Waals surface area contributed by atoms with Crippen LogP contribution >= 0.6 is 0 Å². The third-order valence-electron chi connectivity index (χ3n) is 12.8. The normalized spacial score (nSPS) is 14.2. The van der Waals surface area contributed by atoms with Crippen LogP contribution in [0.2, 0.25) is 0 Å². The van der Waals surface area contributed by atoms with Crippen molar-refractivity contribution in [2.24, 2.45) is 0 Å². The zero-order valence-corrected chi connectivity index (χ0v) is 29.6. The summed E-state index contributed by atoms with van der Waals surface area (Å²) in [6, 6.07) is 49.7.